The van der Waals surface area contributed by atoms with Crippen molar-refractivity contribution in [3.05, 3.63) is 27.7 Å². The highest BCUT2D eigenvalue weighted by Crippen LogP contribution is 2.33. The van der Waals surface area contributed by atoms with Crippen molar-refractivity contribution in [1.82, 2.24) is 4.72 Å². The quantitative estimate of drug-likeness (QED) is 0.717. The standard InChI is InChI=1S/C14H18BrNO4S/c1-9-7-11(14(17)18)8-12(13(9)15)21(19,20)16-6-2-3-10-4-5-10/h7-8,10,16H,2-6H2,1H3,(H,17,18). The average molecular weight is 376 g/mol. The maximum absolute atomic E-state index is 12.3. The summed E-state index contributed by atoms with van der Waals surface area (Å²) in [5.41, 5.74) is 0.544. The van der Waals surface area contributed by atoms with E-state index in [9.17, 15) is 13.2 Å². The van der Waals surface area contributed by atoms with Crippen LogP contribution >= 0.6 is 15.9 Å². The largest absolute Gasteiger partial charge is 0.478 e. The van der Waals surface area contributed by atoms with E-state index in [1.165, 1.54) is 25.0 Å². The van der Waals surface area contributed by atoms with Crippen LogP contribution in [0.15, 0.2) is 21.5 Å². The number of carbonyl (C=O) groups is 1. The first-order valence-electron chi connectivity index (χ1n) is 6.84. The number of benzene rings is 1. The number of carboxylic acid groups (broad SMARTS) is 1. The summed E-state index contributed by atoms with van der Waals surface area (Å²) in [6.07, 6.45) is 4.34. The van der Waals surface area contributed by atoms with Crippen molar-refractivity contribution in [1.29, 1.82) is 0 Å². The summed E-state index contributed by atoms with van der Waals surface area (Å²) in [4.78, 5) is 11.0. The van der Waals surface area contributed by atoms with Crippen molar-refractivity contribution in [2.24, 2.45) is 5.92 Å². The zero-order chi connectivity index (χ0) is 15.6. The molecule has 0 aliphatic heterocycles. The van der Waals surface area contributed by atoms with Gasteiger partial charge in [0.05, 0.1) is 10.5 Å². The van der Waals surface area contributed by atoms with Gasteiger partial charge in [0.25, 0.3) is 0 Å². The van der Waals surface area contributed by atoms with Crippen LogP contribution in [0.1, 0.15) is 41.6 Å². The summed E-state index contributed by atoms with van der Waals surface area (Å²) in [6, 6.07) is 2.63. The third-order valence-electron chi connectivity index (χ3n) is 3.54. The molecule has 0 radical (unpaired) electrons. The van der Waals surface area contributed by atoms with Crippen molar-refractivity contribution < 1.29 is 18.3 Å². The molecule has 2 rings (SSSR count). The molecule has 1 aliphatic rings. The molecule has 21 heavy (non-hydrogen) atoms. The Morgan fingerprint density at radius 2 is 2.10 bits per heavy atom. The van der Waals surface area contributed by atoms with E-state index in [-0.39, 0.29) is 10.5 Å². The summed E-state index contributed by atoms with van der Waals surface area (Å²) >= 11 is 3.23. The Labute approximate surface area is 132 Å². The SMILES string of the molecule is Cc1cc(C(=O)O)cc(S(=O)(=O)NCCCC2CC2)c1Br. The van der Waals surface area contributed by atoms with Gasteiger partial charge in [-0.15, -0.1) is 0 Å². The lowest BCUT2D eigenvalue weighted by molar-refractivity contribution is 0.0696. The van der Waals surface area contributed by atoms with Crippen molar-refractivity contribution in [2.45, 2.75) is 37.5 Å². The number of halogens is 1. The Hall–Kier alpha value is -0.920. The number of nitrogens with one attached hydrogen (secondary N) is 1. The van der Waals surface area contributed by atoms with Gasteiger partial charge in [0, 0.05) is 11.0 Å². The van der Waals surface area contributed by atoms with Crippen LogP contribution in [0.3, 0.4) is 0 Å². The predicted molar refractivity (Wildman–Crippen MR) is 83.0 cm³/mol. The number of sulfonamides is 1. The highest BCUT2D eigenvalue weighted by Gasteiger charge is 2.23. The van der Waals surface area contributed by atoms with Crippen LogP contribution in [0.4, 0.5) is 0 Å². The van der Waals surface area contributed by atoms with E-state index in [0.717, 1.165) is 18.8 Å². The van der Waals surface area contributed by atoms with E-state index in [1.807, 2.05) is 0 Å². The van der Waals surface area contributed by atoms with Crippen LogP contribution < -0.4 is 4.72 Å². The van der Waals surface area contributed by atoms with E-state index in [4.69, 9.17) is 5.11 Å². The number of hydrogen-bond donors (Lipinski definition) is 2. The number of hydrogen-bond acceptors (Lipinski definition) is 3. The van der Waals surface area contributed by atoms with Crippen LogP contribution in [0.2, 0.25) is 0 Å². The van der Waals surface area contributed by atoms with Gasteiger partial charge in [-0.3, -0.25) is 0 Å². The lowest BCUT2D eigenvalue weighted by atomic mass is 10.1. The molecule has 0 heterocycles. The third-order valence-corrected chi connectivity index (χ3v) is 6.34. The van der Waals surface area contributed by atoms with Crippen molar-refractivity contribution in [3.8, 4) is 0 Å². The van der Waals surface area contributed by atoms with Crippen LogP contribution in [0, 0.1) is 12.8 Å². The Kier molecular flexibility index (Phi) is 5.06. The van der Waals surface area contributed by atoms with Crippen LogP contribution in [0.5, 0.6) is 0 Å². The minimum Gasteiger partial charge on any atom is -0.478 e. The molecular formula is C14H18BrNO4S. The molecule has 0 saturated heterocycles. The van der Waals surface area contributed by atoms with E-state index in [2.05, 4.69) is 20.7 Å². The highest BCUT2D eigenvalue weighted by molar-refractivity contribution is 9.10. The fourth-order valence-electron chi connectivity index (χ4n) is 2.14. The van der Waals surface area contributed by atoms with Gasteiger partial charge < -0.3 is 5.11 Å². The number of carboxylic acids is 1. The first-order chi connectivity index (χ1) is 9.81. The molecule has 1 aromatic rings. The molecule has 0 spiro atoms. The van der Waals surface area contributed by atoms with Gasteiger partial charge in [0.15, 0.2) is 0 Å². The summed E-state index contributed by atoms with van der Waals surface area (Å²) in [5.74, 6) is -0.380. The van der Waals surface area contributed by atoms with Crippen LogP contribution in [-0.2, 0) is 10.0 Å². The van der Waals surface area contributed by atoms with Crippen molar-refractivity contribution >= 4 is 31.9 Å². The average Bonchev–Trinajstić information content (AvgIpc) is 3.21. The Morgan fingerprint density at radius 3 is 2.67 bits per heavy atom. The number of rotatable bonds is 7. The van der Waals surface area contributed by atoms with Crippen molar-refractivity contribution in [2.75, 3.05) is 6.54 Å². The molecule has 2 N–H and O–H groups in total. The topological polar surface area (TPSA) is 83.5 Å². The van der Waals surface area contributed by atoms with Crippen molar-refractivity contribution in [3.63, 3.8) is 0 Å². The Morgan fingerprint density at radius 1 is 1.43 bits per heavy atom. The second kappa shape index (κ2) is 6.46. The Balaban J connectivity index is 2.15. The summed E-state index contributed by atoms with van der Waals surface area (Å²) in [7, 11) is -3.71. The molecule has 0 bridgehead atoms. The van der Waals surface area contributed by atoms with Gasteiger partial charge in [0.2, 0.25) is 10.0 Å². The van der Waals surface area contributed by atoms with Gasteiger partial charge in [-0.05, 0) is 59.3 Å². The molecule has 5 nitrogen and oxygen atoms in total. The van der Waals surface area contributed by atoms with E-state index in [0.29, 0.717) is 16.6 Å². The maximum Gasteiger partial charge on any atom is 0.335 e. The highest BCUT2D eigenvalue weighted by atomic mass is 79.9. The molecule has 116 valence electrons. The molecule has 1 fully saturated rings. The molecule has 1 aliphatic carbocycles. The summed E-state index contributed by atoms with van der Waals surface area (Å²) in [5, 5.41) is 9.04. The van der Waals surface area contributed by atoms with Gasteiger partial charge in [-0.2, -0.15) is 0 Å². The number of aromatic carboxylic acids is 1. The first-order valence-corrected chi connectivity index (χ1v) is 9.12. The Bertz CT molecular complexity index is 653. The fraction of sp³-hybridized carbons (Fsp3) is 0.500. The zero-order valence-corrected chi connectivity index (χ0v) is 14.1. The summed E-state index contributed by atoms with van der Waals surface area (Å²) < 4.78 is 27.6. The third kappa shape index (κ3) is 4.28. The molecule has 1 saturated carbocycles. The maximum atomic E-state index is 12.3. The van der Waals surface area contributed by atoms with Crippen LogP contribution in [0.25, 0.3) is 0 Å². The number of aryl methyl sites for hydroxylation is 1. The van der Waals surface area contributed by atoms with Crippen LogP contribution in [-0.4, -0.2) is 26.0 Å². The van der Waals surface area contributed by atoms with E-state index < -0.39 is 16.0 Å². The zero-order valence-electron chi connectivity index (χ0n) is 11.7. The smallest absolute Gasteiger partial charge is 0.335 e. The molecule has 0 unspecified atom stereocenters. The molecule has 1 aromatic carbocycles. The minimum absolute atomic E-state index is 0.0219. The predicted octanol–water partition coefficient (Wildman–Crippen LogP) is 2.92. The van der Waals surface area contributed by atoms with E-state index >= 15 is 0 Å². The van der Waals surface area contributed by atoms with Gasteiger partial charge in [-0.1, -0.05) is 12.8 Å². The lowest BCUT2D eigenvalue weighted by Crippen LogP contribution is -2.25. The first kappa shape index (κ1) is 16.5. The second-order valence-electron chi connectivity index (χ2n) is 5.39. The lowest BCUT2D eigenvalue weighted by Gasteiger charge is -2.11. The monoisotopic (exact) mass is 375 g/mol. The van der Waals surface area contributed by atoms with E-state index in [1.54, 1.807) is 6.92 Å². The second-order valence-corrected chi connectivity index (χ2v) is 7.92. The van der Waals surface area contributed by atoms with Gasteiger partial charge >= 0.3 is 5.97 Å². The molecule has 0 aromatic heterocycles. The van der Waals surface area contributed by atoms with Gasteiger partial charge in [-0.25, -0.2) is 17.9 Å². The fourth-order valence-corrected chi connectivity index (χ4v) is 4.25. The summed E-state index contributed by atoms with van der Waals surface area (Å²) in [6.45, 7) is 2.05. The molecule has 0 amide bonds. The van der Waals surface area contributed by atoms with Gasteiger partial charge in [0.1, 0.15) is 0 Å². The normalized spacial score (nSPS) is 15.1. The minimum atomic E-state index is -3.71. The molecule has 0 atom stereocenters. The molecule has 7 heteroatoms. The molecular weight excluding hydrogens is 358 g/mol.